The molecule has 0 fully saturated rings. The van der Waals surface area contributed by atoms with Crippen LogP contribution in [0.3, 0.4) is 0 Å². The number of hydrogen-bond donors (Lipinski definition) is 1. The lowest BCUT2D eigenvalue weighted by atomic mass is 10.3. The zero-order chi connectivity index (χ0) is 22.0. The Morgan fingerprint density at radius 1 is 1.16 bits per heavy atom. The van der Waals surface area contributed by atoms with Crippen molar-refractivity contribution in [2.45, 2.75) is 44.1 Å². The summed E-state index contributed by atoms with van der Waals surface area (Å²) >= 11 is 5.00. The molecule has 0 amide bonds. The fraction of sp³-hybridized carbons (Fsp3) is 0.400. The SMILES string of the molecule is CSc1nc(NCc2nc3ccccc3n2COCC[Si](C)(C)C)n2ncc(Br)c2n1. The molecule has 0 saturated carbocycles. The molecule has 0 radical (unpaired) electrons. The predicted octanol–water partition coefficient (Wildman–Crippen LogP) is 4.88. The van der Waals surface area contributed by atoms with Crippen LogP contribution in [0.2, 0.25) is 25.7 Å². The van der Waals surface area contributed by atoms with Crippen molar-refractivity contribution in [3.05, 3.63) is 40.8 Å². The van der Waals surface area contributed by atoms with E-state index in [9.17, 15) is 0 Å². The molecule has 1 N–H and O–H groups in total. The zero-order valence-corrected chi connectivity index (χ0v) is 21.5. The summed E-state index contributed by atoms with van der Waals surface area (Å²) < 4.78 is 10.7. The number of para-hydroxylation sites is 2. The van der Waals surface area contributed by atoms with Crippen molar-refractivity contribution in [3.63, 3.8) is 0 Å². The van der Waals surface area contributed by atoms with Crippen LogP contribution in [0.1, 0.15) is 5.82 Å². The Morgan fingerprint density at radius 3 is 2.74 bits per heavy atom. The van der Waals surface area contributed by atoms with E-state index >= 15 is 0 Å². The van der Waals surface area contributed by atoms with E-state index in [0.717, 1.165) is 39.6 Å². The minimum absolute atomic E-state index is 0.477. The number of anilines is 1. The number of imidazole rings is 1. The topological polar surface area (TPSA) is 82.2 Å². The monoisotopic (exact) mass is 519 g/mol. The van der Waals surface area contributed by atoms with E-state index in [1.807, 2.05) is 24.5 Å². The third-order valence-electron chi connectivity index (χ3n) is 4.84. The van der Waals surface area contributed by atoms with E-state index in [4.69, 9.17) is 9.72 Å². The normalized spacial score (nSPS) is 12.2. The molecule has 1 aromatic carbocycles. The van der Waals surface area contributed by atoms with Crippen LogP contribution >= 0.6 is 27.7 Å². The van der Waals surface area contributed by atoms with Gasteiger partial charge in [0.15, 0.2) is 10.8 Å². The van der Waals surface area contributed by atoms with E-state index in [-0.39, 0.29) is 0 Å². The fourth-order valence-electron chi connectivity index (χ4n) is 3.13. The van der Waals surface area contributed by atoms with Crippen LogP contribution in [-0.4, -0.2) is 50.1 Å². The molecule has 0 aliphatic heterocycles. The van der Waals surface area contributed by atoms with Gasteiger partial charge in [0.05, 0.1) is 28.2 Å². The Balaban J connectivity index is 1.58. The van der Waals surface area contributed by atoms with Crippen molar-refractivity contribution in [3.8, 4) is 0 Å². The van der Waals surface area contributed by atoms with Crippen LogP contribution in [0.5, 0.6) is 0 Å². The summed E-state index contributed by atoms with van der Waals surface area (Å²) in [6.45, 7) is 8.81. The molecule has 8 nitrogen and oxygen atoms in total. The zero-order valence-electron chi connectivity index (χ0n) is 18.1. The number of benzene rings is 1. The van der Waals surface area contributed by atoms with E-state index < -0.39 is 8.07 Å². The second-order valence-electron chi connectivity index (χ2n) is 8.41. The quantitative estimate of drug-likeness (QED) is 0.191. The molecule has 164 valence electrons. The lowest BCUT2D eigenvalue weighted by Crippen LogP contribution is -2.22. The molecule has 0 spiro atoms. The first kappa shape index (κ1) is 22.2. The highest BCUT2D eigenvalue weighted by molar-refractivity contribution is 9.10. The summed E-state index contributed by atoms with van der Waals surface area (Å²) in [5.74, 6) is 1.51. The molecular weight excluding hydrogens is 494 g/mol. The number of thioether (sulfide) groups is 1. The van der Waals surface area contributed by atoms with Crippen molar-refractivity contribution in [2.24, 2.45) is 0 Å². The molecule has 11 heteroatoms. The third-order valence-corrected chi connectivity index (χ3v) is 7.65. The molecule has 0 aliphatic rings. The second kappa shape index (κ2) is 9.27. The van der Waals surface area contributed by atoms with Gasteiger partial charge in [-0.1, -0.05) is 43.5 Å². The molecular formula is C20H26BrN7OSSi. The van der Waals surface area contributed by atoms with Crippen molar-refractivity contribution in [2.75, 3.05) is 18.2 Å². The maximum atomic E-state index is 6.04. The fourth-order valence-corrected chi connectivity index (χ4v) is 4.59. The van der Waals surface area contributed by atoms with Gasteiger partial charge in [-0.2, -0.15) is 14.6 Å². The van der Waals surface area contributed by atoms with Gasteiger partial charge >= 0.3 is 0 Å². The van der Waals surface area contributed by atoms with Gasteiger partial charge in [0, 0.05) is 14.7 Å². The van der Waals surface area contributed by atoms with E-state index in [0.29, 0.717) is 24.4 Å². The van der Waals surface area contributed by atoms with Crippen LogP contribution in [0.4, 0.5) is 5.95 Å². The minimum Gasteiger partial charge on any atom is -0.361 e. The predicted molar refractivity (Wildman–Crippen MR) is 131 cm³/mol. The van der Waals surface area contributed by atoms with E-state index in [2.05, 4.69) is 66.6 Å². The number of ether oxygens (including phenoxy) is 1. The van der Waals surface area contributed by atoms with Gasteiger partial charge in [-0.25, -0.2) is 9.97 Å². The Labute approximate surface area is 195 Å². The van der Waals surface area contributed by atoms with Crippen LogP contribution in [0.25, 0.3) is 16.7 Å². The minimum atomic E-state index is -1.13. The van der Waals surface area contributed by atoms with Gasteiger partial charge in [-0.15, -0.1) is 0 Å². The summed E-state index contributed by atoms with van der Waals surface area (Å²) in [6.07, 6.45) is 3.68. The molecule has 31 heavy (non-hydrogen) atoms. The molecule has 4 aromatic rings. The van der Waals surface area contributed by atoms with Gasteiger partial charge in [0.1, 0.15) is 12.6 Å². The second-order valence-corrected chi connectivity index (χ2v) is 15.7. The van der Waals surface area contributed by atoms with Gasteiger partial charge in [-0.3, -0.25) is 0 Å². The first-order valence-corrected chi connectivity index (χ1v) is 15.8. The number of aromatic nitrogens is 6. The van der Waals surface area contributed by atoms with Crippen molar-refractivity contribution in [1.82, 2.24) is 29.1 Å². The lowest BCUT2D eigenvalue weighted by Gasteiger charge is -2.16. The van der Waals surface area contributed by atoms with Gasteiger partial charge < -0.3 is 14.6 Å². The smallest absolute Gasteiger partial charge is 0.228 e. The molecule has 4 rings (SSSR count). The standard InChI is InChI=1S/C20H26BrN7OSSi/c1-30-20-25-18-14(21)11-23-28(18)19(26-20)22-12-17-24-15-7-5-6-8-16(15)27(17)13-29-9-10-31(2,3)4/h5-8,11H,9-10,12-13H2,1-4H3,(H,22,25,26). The van der Waals surface area contributed by atoms with Gasteiger partial charge in [0.2, 0.25) is 5.95 Å². The Morgan fingerprint density at radius 2 is 1.97 bits per heavy atom. The molecule has 0 aliphatic carbocycles. The van der Waals surface area contributed by atoms with E-state index in [1.165, 1.54) is 11.8 Å². The van der Waals surface area contributed by atoms with E-state index in [1.54, 1.807) is 10.7 Å². The molecule has 3 aromatic heterocycles. The van der Waals surface area contributed by atoms with Gasteiger partial charge in [0.25, 0.3) is 0 Å². The van der Waals surface area contributed by atoms with Gasteiger partial charge in [-0.05, 0) is 40.4 Å². The average molecular weight is 521 g/mol. The molecule has 0 unspecified atom stereocenters. The number of halogens is 1. The molecule has 3 heterocycles. The van der Waals surface area contributed by atoms with Crippen molar-refractivity contribution >= 4 is 58.4 Å². The number of rotatable bonds is 9. The lowest BCUT2D eigenvalue weighted by molar-refractivity contribution is 0.0880. The van der Waals surface area contributed by atoms with Crippen molar-refractivity contribution < 1.29 is 4.74 Å². The van der Waals surface area contributed by atoms with Crippen LogP contribution in [0, 0.1) is 0 Å². The highest BCUT2D eigenvalue weighted by Crippen LogP contribution is 2.22. The number of hydrogen-bond acceptors (Lipinski definition) is 7. The molecule has 0 atom stereocenters. The summed E-state index contributed by atoms with van der Waals surface area (Å²) in [7, 11) is -1.13. The maximum Gasteiger partial charge on any atom is 0.228 e. The van der Waals surface area contributed by atoms with Crippen LogP contribution in [-0.2, 0) is 18.0 Å². The van der Waals surface area contributed by atoms with Crippen LogP contribution < -0.4 is 5.32 Å². The largest absolute Gasteiger partial charge is 0.361 e. The average Bonchev–Trinajstić information content (AvgIpc) is 3.29. The Bertz CT molecular complexity index is 1200. The first-order valence-electron chi connectivity index (χ1n) is 10.1. The third kappa shape index (κ3) is 5.11. The maximum absolute atomic E-state index is 6.04. The van der Waals surface area contributed by atoms with Crippen molar-refractivity contribution in [1.29, 1.82) is 0 Å². The Kier molecular flexibility index (Phi) is 6.65. The molecule has 0 bridgehead atoms. The Hall–Kier alpha value is -1.95. The number of nitrogens with one attached hydrogen (secondary N) is 1. The summed E-state index contributed by atoms with van der Waals surface area (Å²) in [4.78, 5) is 13.9. The first-order chi connectivity index (χ1) is 14.9. The summed E-state index contributed by atoms with van der Waals surface area (Å²) in [6, 6.07) is 9.27. The molecule has 0 saturated heterocycles. The van der Waals surface area contributed by atoms with Crippen LogP contribution in [0.15, 0.2) is 40.1 Å². The summed E-state index contributed by atoms with van der Waals surface area (Å²) in [5, 5.41) is 8.45. The number of nitrogens with zero attached hydrogens (tertiary/aromatic N) is 6. The highest BCUT2D eigenvalue weighted by atomic mass is 79.9. The number of fused-ring (bicyclic) bond motifs is 2. The summed E-state index contributed by atoms with van der Waals surface area (Å²) in [5.41, 5.74) is 2.74. The highest BCUT2D eigenvalue weighted by Gasteiger charge is 2.16.